The molecular formula is C66H86N4. The molecule has 6 aromatic carbocycles. The summed E-state index contributed by atoms with van der Waals surface area (Å²) < 4.78 is 0. The van der Waals surface area contributed by atoms with Crippen LogP contribution < -0.4 is 19.6 Å². The number of rotatable bonds is 9. The molecule has 2 heterocycles. The highest BCUT2D eigenvalue weighted by Gasteiger charge is 2.52. The molecule has 0 unspecified atom stereocenters. The van der Waals surface area contributed by atoms with Crippen LogP contribution in [0.25, 0.3) is 0 Å². The molecule has 0 radical (unpaired) electrons. The van der Waals surface area contributed by atoms with E-state index < -0.39 is 0 Å². The molecule has 70 heavy (non-hydrogen) atoms. The Bertz CT molecular complexity index is 2410. The third-order valence-corrected chi connectivity index (χ3v) is 15.3. The number of fused-ring (bicyclic) bond motifs is 2. The zero-order chi connectivity index (χ0) is 51.2. The summed E-state index contributed by atoms with van der Waals surface area (Å²) >= 11 is 0. The lowest BCUT2D eigenvalue weighted by Gasteiger charge is -2.45. The van der Waals surface area contributed by atoms with Gasteiger partial charge in [-0.05, 0) is 163 Å². The van der Waals surface area contributed by atoms with E-state index >= 15 is 0 Å². The van der Waals surface area contributed by atoms with E-state index in [9.17, 15) is 0 Å². The molecule has 370 valence electrons. The van der Waals surface area contributed by atoms with E-state index in [1.165, 1.54) is 90.0 Å². The normalized spacial score (nSPS) is 15.1. The lowest BCUT2D eigenvalue weighted by atomic mass is 9.87. The van der Waals surface area contributed by atoms with E-state index in [4.69, 9.17) is 0 Å². The molecular weight excluding hydrogens is 849 g/mol. The van der Waals surface area contributed by atoms with Gasteiger partial charge in [-0.1, -0.05) is 187 Å². The van der Waals surface area contributed by atoms with Crippen LogP contribution in [0.4, 0.5) is 45.5 Å². The van der Waals surface area contributed by atoms with Gasteiger partial charge in [-0.2, -0.15) is 0 Å². The van der Waals surface area contributed by atoms with Crippen LogP contribution in [-0.2, 0) is 21.7 Å². The molecule has 0 spiro atoms. The fourth-order valence-electron chi connectivity index (χ4n) is 11.0. The second-order valence-electron chi connectivity index (χ2n) is 26.1. The molecule has 4 nitrogen and oxygen atoms in total. The SMILES string of the molecule is CC(C)c1cc2c(cc1C(C)C)N(c1ccc(C(C)(C)C)cc1)C(C1N(c3ccc(C(C)(C)C)cc3)c3cc(C(C)C)c(C(C)C)cc3N1c1ccc(C(C)(C)C)cc1)N2c1ccc(C(C)(C)C)cc1. The molecule has 0 saturated heterocycles. The van der Waals surface area contributed by atoms with Gasteiger partial charge in [0.25, 0.3) is 0 Å². The van der Waals surface area contributed by atoms with Crippen LogP contribution in [0, 0.1) is 0 Å². The van der Waals surface area contributed by atoms with Gasteiger partial charge in [0.1, 0.15) is 0 Å². The Morgan fingerprint density at radius 1 is 0.271 bits per heavy atom. The number of hydrogen-bond acceptors (Lipinski definition) is 4. The number of anilines is 8. The molecule has 0 fully saturated rings. The molecule has 0 atom stereocenters. The minimum atomic E-state index is -0.250. The maximum absolute atomic E-state index is 2.71. The van der Waals surface area contributed by atoms with Gasteiger partial charge in [0.15, 0.2) is 12.3 Å². The van der Waals surface area contributed by atoms with Crippen molar-refractivity contribution in [3.8, 4) is 0 Å². The van der Waals surface area contributed by atoms with Crippen LogP contribution in [0.1, 0.15) is 207 Å². The minimum Gasteiger partial charge on any atom is -0.314 e. The maximum Gasteiger partial charge on any atom is 0.151 e. The first-order valence-electron chi connectivity index (χ1n) is 26.5. The standard InChI is InChI=1S/C66H86N4/c1-41(2)53-37-57-58(38-54(53)42(3)4)68(50-31-23-46(24-32-50)64(12,13)14)61(67(57)49-29-21-45(22-30-49)63(9,10)11)62-69(51-33-25-47(26-34-51)65(15,16)17)59-39-55(43(5)6)56(44(7)8)40-60(59)70(62)52-35-27-48(28-36-52)66(18,19)20/h21-44,61-62H,1-20H3. The molecule has 0 aromatic heterocycles. The Balaban J connectivity index is 1.54. The number of nitrogens with zero attached hydrogens (tertiary/aromatic N) is 4. The average molecular weight is 935 g/mol. The van der Waals surface area contributed by atoms with Crippen LogP contribution in [0.3, 0.4) is 0 Å². The highest BCUT2D eigenvalue weighted by molar-refractivity contribution is 5.95. The van der Waals surface area contributed by atoms with Gasteiger partial charge in [-0.3, -0.25) is 0 Å². The molecule has 8 rings (SSSR count). The predicted octanol–water partition coefficient (Wildman–Crippen LogP) is 19.3. The van der Waals surface area contributed by atoms with E-state index in [0.29, 0.717) is 23.7 Å². The first kappa shape index (κ1) is 50.9. The van der Waals surface area contributed by atoms with E-state index in [0.717, 1.165) is 0 Å². The van der Waals surface area contributed by atoms with Crippen LogP contribution in [0.5, 0.6) is 0 Å². The molecule has 2 aliphatic heterocycles. The van der Waals surface area contributed by atoms with Crippen molar-refractivity contribution in [1.29, 1.82) is 0 Å². The Morgan fingerprint density at radius 3 is 0.557 bits per heavy atom. The summed E-state index contributed by atoms with van der Waals surface area (Å²) in [5, 5.41) is 0. The van der Waals surface area contributed by atoms with E-state index in [1.54, 1.807) is 0 Å². The molecule has 0 N–H and O–H groups in total. The van der Waals surface area contributed by atoms with Gasteiger partial charge < -0.3 is 19.6 Å². The van der Waals surface area contributed by atoms with Crippen molar-refractivity contribution in [3.05, 3.63) is 166 Å². The zero-order valence-corrected chi connectivity index (χ0v) is 46.8. The lowest BCUT2D eigenvalue weighted by Crippen LogP contribution is -2.58. The molecule has 0 bridgehead atoms. The van der Waals surface area contributed by atoms with Crippen molar-refractivity contribution in [2.24, 2.45) is 0 Å². The Kier molecular flexibility index (Phi) is 13.3. The Hall–Kier alpha value is -5.48. The summed E-state index contributed by atoms with van der Waals surface area (Å²) in [6, 6.07) is 48.4. The first-order valence-corrected chi connectivity index (χ1v) is 26.5. The van der Waals surface area contributed by atoms with Crippen molar-refractivity contribution >= 4 is 45.5 Å². The van der Waals surface area contributed by atoms with Gasteiger partial charge in [0, 0.05) is 22.7 Å². The summed E-state index contributed by atoms with van der Waals surface area (Å²) in [4.78, 5) is 10.9. The zero-order valence-electron chi connectivity index (χ0n) is 46.8. The van der Waals surface area contributed by atoms with Crippen LogP contribution >= 0.6 is 0 Å². The monoisotopic (exact) mass is 935 g/mol. The van der Waals surface area contributed by atoms with Crippen molar-refractivity contribution < 1.29 is 0 Å². The lowest BCUT2D eigenvalue weighted by molar-refractivity contribution is 0.548. The van der Waals surface area contributed by atoms with Crippen molar-refractivity contribution in [3.63, 3.8) is 0 Å². The summed E-state index contributed by atoms with van der Waals surface area (Å²) in [6.45, 7) is 46.7. The summed E-state index contributed by atoms with van der Waals surface area (Å²) in [5.74, 6) is 1.40. The molecule has 0 saturated carbocycles. The molecule has 4 heteroatoms. The summed E-state index contributed by atoms with van der Waals surface area (Å²) in [6.07, 6.45) is -0.499. The molecule has 2 aliphatic rings. The summed E-state index contributed by atoms with van der Waals surface area (Å²) in [7, 11) is 0. The van der Waals surface area contributed by atoms with Crippen molar-refractivity contribution in [1.82, 2.24) is 0 Å². The quantitative estimate of drug-likeness (QED) is 0.143. The van der Waals surface area contributed by atoms with Gasteiger partial charge in [0.2, 0.25) is 0 Å². The third-order valence-electron chi connectivity index (χ3n) is 15.3. The Morgan fingerprint density at radius 2 is 0.429 bits per heavy atom. The fourth-order valence-corrected chi connectivity index (χ4v) is 11.0. The van der Waals surface area contributed by atoms with E-state index in [-0.39, 0.29) is 34.0 Å². The van der Waals surface area contributed by atoms with Gasteiger partial charge >= 0.3 is 0 Å². The van der Waals surface area contributed by atoms with Crippen molar-refractivity contribution in [2.75, 3.05) is 19.6 Å². The van der Waals surface area contributed by atoms with Crippen molar-refractivity contribution in [2.45, 2.75) is 196 Å². The second-order valence-corrected chi connectivity index (χ2v) is 26.1. The molecule has 6 aromatic rings. The molecule has 0 aliphatic carbocycles. The third kappa shape index (κ3) is 9.42. The molecule has 0 amide bonds. The van der Waals surface area contributed by atoms with E-state index in [1.807, 2.05) is 0 Å². The maximum atomic E-state index is 2.71. The number of benzene rings is 6. The second kappa shape index (κ2) is 18.3. The number of hydrogen-bond donors (Lipinski definition) is 0. The van der Waals surface area contributed by atoms with Gasteiger partial charge in [-0.25, -0.2) is 0 Å². The van der Waals surface area contributed by atoms with Gasteiger partial charge in [0.05, 0.1) is 22.7 Å². The topological polar surface area (TPSA) is 13.0 Å². The minimum absolute atomic E-state index is 0.0139. The Labute approximate surface area is 425 Å². The van der Waals surface area contributed by atoms with Crippen LogP contribution in [0.2, 0.25) is 0 Å². The van der Waals surface area contributed by atoms with Crippen LogP contribution in [0.15, 0.2) is 121 Å². The first-order chi connectivity index (χ1) is 32.6. The van der Waals surface area contributed by atoms with E-state index in [2.05, 4.69) is 279 Å². The predicted molar refractivity (Wildman–Crippen MR) is 306 cm³/mol. The summed E-state index contributed by atoms with van der Waals surface area (Å²) in [5.41, 5.74) is 20.8. The smallest absolute Gasteiger partial charge is 0.151 e. The highest BCUT2D eigenvalue weighted by Crippen LogP contribution is 2.58. The van der Waals surface area contributed by atoms with Gasteiger partial charge in [-0.15, -0.1) is 0 Å². The average Bonchev–Trinajstić information content (AvgIpc) is 3.79. The largest absolute Gasteiger partial charge is 0.314 e. The van der Waals surface area contributed by atoms with Crippen LogP contribution in [-0.4, -0.2) is 12.3 Å². The highest BCUT2D eigenvalue weighted by atomic mass is 15.5. The fraction of sp³-hybridized carbons (Fsp3) is 0.455.